The molecule has 0 aliphatic rings. The lowest BCUT2D eigenvalue weighted by atomic mass is 10.4. The van der Waals surface area contributed by atoms with Gasteiger partial charge in [-0.2, -0.15) is 0 Å². The highest BCUT2D eigenvalue weighted by Gasteiger charge is 1.78. The minimum absolute atomic E-state index is 1.18. The molecule has 1 radical (unpaired) electrons. The van der Waals surface area contributed by atoms with Crippen LogP contribution in [0.1, 0.15) is 19.8 Å². The van der Waals surface area contributed by atoms with Gasteiger partial charge in [0.2, 0.25) is 0 Å². The summed E-state index contributed by atoms with van der Waals surface area (Å²) in [4.78, 5) is 0. The second kappa shape index (κ2) is 6.09. The molecule has 0 rings (SSSR count). The summed E-state index contributed by atoms with van der Waals surface area (Å²) in [5.41, 5.74) is 0. The van der Waals surface area contributed by atoms with Crippen LogP contribution in [0.5, 0.6) is 0 Å². The average molecular weight is 115 g/mol. The Bertz CT molecular complexity index is 41.4. The highest BCUT2D eigenvalue weighted by atomic mass is 32.2. The van der Waals surface area contributed by atoms with E-state index in [1.807, 2.05) is 0 Å². The number of unbranched alkanes of at least 4 members (excludes halogenated alkanes) is 1. The standard InChI is InChI=1S/C6H11S/c1-3-5-6-7-4-2/h2-3,5-6H2,1H3. The molecule has 0 aromatic carbocycles. The summed E-state index contributed by atoms with van der Waals surface area (Å²) in [7, 11) is 0. The lowest BCUT2D eigenvalue weighted by Crippen LogP contribution is -1.71. The first kappa shape index (κ1) is 7.09. The fourth-order valence-corrected chi connectivity index (χ4v) is 0.866. The molecule has 0 aliphatic carbocycles. The average Bonchev–Trinajstić information content (AvgIpc) is 1.69. The van der Waals surface area contributed by atoms with Crippen molar-refractivity contribution in [1.29, 1.82) is 0 Å². The Kier molecular flexibility index (Phi) is 6.17. The third kappa shape index (κ3) is 6.09. The van der Waals surface area contributed by atoms with Gasteiger partial charge in [-0.15, -0.1) is 11.8 Å². The molecule has 0 heterocycles. The molecule has 0 saturated heterocycles. The van der Waals surface area contributed by atoms with E-state index >= 15 is 0 Å². The Morgan fingerprint density at radius 3 is 2.86 bits per heavy atom. The largest absolute Gasteiger partial charge is 0.126 e. The van der Waals surface area contributed by atoms with E-state index in [0.29, 0.717) is 0 Å². The predicted molar refractivity (Wildman–Crippen MR) is 36.2 cm³/mol. The van der Waals surface area contributed by atoms with E-state index in [1.165, 1.54) is 18.6 Å². The molecule has 0 unspecified atom stereocenters. The van der Waals surface area contributed by atoms with Gasteiger partial charge < -0.3 is 0 Å². The first-order valence-corrected chi connectivity index (χ1v) is 3.54. The van der Waals surface area contributed by atoms with Crippen molar-refractivity contribution in [1.82, 2.24) is 0 Å². The van der Waals surface area contributed by atoms with Crippen LogP contribution in [0.3, 0.4) is 0 Å². The van der Waals surface area contributed by atoms with Gasteiger partial charge in [-0.25, -0.2) is 0 Å². The second-order valence-electron chi connectivity index (χ2n) is 1.35. The zero-order chi connectivity index (χ0) is 5.54. The SMILES string of the molecule is C=[C]SCCCC. The van der Waals surface area contributed by atoms with E-state index in [0.717, 1.165) is 0 Å². The van der Waals surface area contributed by atoms with Crippen molar-refractivity contribution in [3.05, 3.63) is 12.0 Å². The molecular formula is C6H11S. The summed E-state index contributed by atoms with van der Waals surface area (Å²) >= 11 is 1.67. The van der Waals surface area contributed by atoms with Gasteiger partial charge in [0.25, 0.3) is 0 Å². The molecule has 0 amide bonds. The maximum absolute atomic E-state index is 3.47. The zero-order valence-corrected chi connectivity index (χ0v) is 5.55. The van der Waals surface area contributed by atoms with E-state index in [9.17, 15) is 0 Å². The van der Waals surface area contributed by atoms with Gasteiger partial charge in [-0.05, 0) is 12.2 Å². The topological polar surface area (TPSA) is 0 Å². The molecule has 0 aromatic heterocycles. The Hall–Kier alpha value is 0.0900. The van der Waals surface area contributed by atoms with Crippen molar-refractivity contribution in [3.8, 4) is 0 Å². The van der Waals surface area contributed by atoms with E-state index in [4.69, 9.17) is 0 Å². The van der Waals surface area contributed by atoms with E-state index in [-0.39, 0.29) is 0 Å². The fraction of sp³-hybridized carbons (Fsp3) is 0.667. The van der Waals surface area contributed by atoms with Gasteiger partial charge in [0, 0.05) is 5.41 Å². The van der Waals surface area contributed by atoms with Crippen LogP contribution in [0.4, 0.5) is 0 Å². The summed E-state index contributed by atoms with van der Waals surface area (Å²) in [6.45, 7) is 5.65. The van der Waals surface area contributed by atoms with Crippen molar-refractivity contribution in [3.63, 3.8) is 0 Å². The van der Waals surface area contributed by atoms with Gasteiger partial charge in [-0.1, -0.05) is 19.9 Å². The fourth-order valence-electron chi connectivity index (χ4n) is 0.289. The van der Waals surface area contributed by atoms with E-state index < -0.39 is 0 Å². The van der Waals surface area contributed by atoms with Gasteiger partial charge in [0.05, 0.1) is 0 Å². The Balaban J connectivity index is 2.56. The molecule has 0 nitrogen and oxygen atoms in total. The second-order valence-corrected chi connectivity index (χ2v) is 2.33. The molecule has 41 valence electrons. The van der Waals surface area contributed by atoms with E-state index in [1.54, 1.807) is 11.8 Å². The predicted octanol–water partition coefficient (Wildman–Crippen LogP) is 2.47. The van der Waals surface area contributed by atoms with Crippen molar-refractivity contribution >= 4 is 11.8 Å². The minimum Gasteiger partial charge on any atom is -0.126 e. The minimum atomic E-state index is 1.18. The molecule has 1 heteroatoms. The molecule has 0 atom stereocenters. The maximum atomic E-state index is 3.47. The molecule has 0 aromatic rings. The number of hydrogen-bond acceptors (Lipinski definition) is 1. The van der Waals surface area contributed by atoms with Crippen LogP contribution in [0.2, 0.25) is 0 Å². The number of rotatable bonds is 4. The Morgan fingerprint density at radius 2 is 2.43 bits per heavy atom. The van der Waals surface area contributed by atoms with Gasteiger partial charge in [0.1, 0.15) is 0 Å². The van der Waals surface area contributed by atoms with Crippen molar-refractivity contribution in [2.45, 2.75) is 19.8 Å². The monoisotopic (exact) mass is 115 g/mol. The highest BCUT2D eigenvalue weighted by molar-refractivity contribution is 8.00. The Labute approximate surface area is 50.0 Å². The molecule has 0 saturated carbocycles. The summed E-state index contributed by atoms with van der Waals surface area (Å²) in [5.74, 6) is 1.18. The molecule has 0 bridgehead atoms. The van der Waals surface area contributed by atoms with Crippen LogP contribution >= 0.6 is 11.8 Å². The molecule has 0 fully saturated rings. The van der Waals surface area contributed by atoms with Crippen LogP contribution in [0, 0.1) is 5.41 Å². The van der Waals surface area contributed by atoms with Crippen LogP contribution in [0.15, 0.2) is 6.58 Å². The summed E-state index contributed by atoms with van der Waals surface area (Å²) in [5, 5.41) is 2.77. The quantitative estimate of drug-likeness (QED) is 0.507. The van der Waals surface area contributed by atoms with Gasteiger partial charge in [-0.3, -0.25) is 0 Å². The van der Waals surface area contributed by atoms with Crippen LogP contribution in [-0.4, -0.2) is 5.75 Å². The third-order valence-electron chi connectivity index (χ3n) is 0.702. The smallest absolute Gasteiger partial charge is 0.0130 e. The van der Waals surface area contributed by atoms with Crippen molar-refractivity contribution < 1.29 is 0 Å². The van der Waals surface area contributed by atoms with Gasteiger partial charge in [0.15, 0.2) is 0 Å². The number of thioether (sulfide) groups is 1. The van der Waals surface area contributed by atoms with Crippen LogP contribution < -0.4 is 0 Å². The first-order valence-electron chi connectivity index (χ1n) is 2.55. The molecule has 7 heavy (non-hydrogen) atoms. The van der Waals surface area contributed by atoms with Crippen molar-refractivity contribution in [2.24, 2.45) is 0 Å². The van der Waals surface area contributed by atoms with Crippen LogP contribution in [-0.2, 0) is 0 Å². The zero-order valence-electron chi connectivity index (χ0n) is 4.74. The third-order valence-corrected chi connectivity index (χ3v) is 1.40. The maximum Gasteiger partial charge on any atom is 0.0130 e. The highest BCUT2D eigenvalue weighted by Crippen LogP contribution is 2.01. The summed E-state index contributed by atoms with van der Waals surface area (Å²) in [6, 6.07) is 0. The lowest BCUT2D eigenvalue weighted by Gasteiger charge is -1.87. The van der Waals surface area contributed by atoms with Crippen molar-refractivity contribution in [2.75, 3.05) is 5.75 Å². The Morgan fingerprint density at radius 1 is 1.71 bits per heavy atom. The normalized spacial score (nSPS) is 8.71. The molecule has 0 aliphatic heterocycles. The molecule has 0 N–H and O–H groups in total. The lowest BCUT2D eigenvalue weighted by molar-refractivity contribution is 0.897. The van der Waals surface area contributed by atoms with Gasteiger partial charge >= 0.3 is 0 Å². The number of hydrogen-bond donors (Lipinski definition) is 0. The first-order chi connectivity index (χ1) is 3.41. The molecule has 0 spiro atoms. The van der Waals surface area contributed by atoms with E-state index in [2.05, 4.69) is 18.9 Å². The van der Waals surface area contributed by atoms with Crippen LogP contribution in [0.25, 0.3) is 0 Å². The summed E-state index contributed by atoms with van der Waals surface area (Å²) < 4.78 is 0. The molecular weight excluding hydrogens is 104 g/mol. The summed E-state index contributed by atoms with van der Waals surface area (Å²) in [6.07, 6.45) is 2.56.